The number of Topliss-reactive ketones (excluding diaryl/α,β-unsaturated/α-hetero) is 1. The number of carbonyl (C=O) groups excluding carboxylic acids is 1. The van der Waals surface area contributed by atoms with E-state index in [1.54, 1.807) is 24.3 Å². The molecule has 0 N–H and O–H groups in total. The fourth-order valence-corrected chi connectivity index (χ4v) is 2.47. The maximum atomic E-state index is 12.3. The molecule has 2 aromatic rings. The molecule has 2 aromatic carbocycles. The normalized spacial score (nSPS) is 11.1. The van der Waals surface area contributed by atoms with Gasteiger partial charge >= 0.3 is 0 Å². The molecular weight excluding hydrogens is 291 g/mol. The van der Waals surface area contributed by atoms with Crippen molar-refractivity contribution in [2.24, 2.45) is 0 Å². The van der Waals surface area contributed by atoms with Gasteiger partial charge in [0.1, 0.15) is 0 Å². The van der Waals surface area contributed by atoms with E-state index in [1.807, 2.05) is 36.4 Å². The number of ketones is 1. The Morgan fingerprint density at radius 2 is 1.35 bits per heavy atom. The molecule has 0 aliphatic carbocycles. The van der Waals surface area contributed by atoms with Gasteiger partial charge in [-0.2, -0.15) is 0 Å². The summed E-state index contributed by atoms with van der Waals surface area (Å²) in [5, 5.41) is 0. The monoisotopic (exact) mass is 304 g/mol. The minimum absolute atomic E-state index is 0.188. The molecule has 0 aliphatic rings. The predicted octanol–water partition coefficient (Wildman–Crippen LogP) is 5.15. The average Bonchev–Trinajstić information content (AvgIpc) is 2.48. The van der Waals surface area contributed by atoms with Crippen LogP contribution in [0.2, 0.25) is 0 Å². The molecule has 0 aliphatic heterocycles. The Morgan fingerprint density at radius 3 is 1.85 bits per heavy atom. The number of hydrogen-bond acceptors (Lipinski definition) is 1. The van der Waals surface area contributed by atoms with Crippen molar-refractivity contribution in [3.8, 4) is 0 Å². The summed E-state index contributed by atoms with van der Waals surface area (Å²) in [6, 6.07) is 18.4. The number of hydrogen-bond donors (Lipinski definition) is 0. The summed E-state index contributed by atoms with van der Waals surface area (Å²) in [6.07, 6.45) is 0.188. The minimum atomic E-state index is -1.51. The number of carbonyl (C=O) groups is 1. The zero-order valence-corrected chi connectivity index (χ0v) is 12.4. The van der Waals surface area contributed by atoms with Crippen LogP contribution in [-0.4, -0.2) is 10.1 Å². The second-order valence-corrected chi connectivity index (χ2v) is 6.03. The molecule has 0 spiro atoms. The average molecular weight is 305 g/mol. The van der Waals surface area contributed by atoms with Crippen molar-refractivity contribution in [1.82, 2.24) is 0 Å². The lowest BCUT2D eigenvalue weighted by Crippen LogP contribution is -2.26. The van der Waals surface area contributed by atoms with E-state index in [2.05, 4.69) is 6.58 Å². The standard InChI is InChI=1S/C17H14Cl2O/c1-13(14-8-4-2-5-9-14)12-17(18,19)16(20)15-10-6-3-7-11-15/h2-11H,1,12H2. The smallest absolute Gasteiger partial charge is 0.199 e. The highest BCUT2D eigenvalue weighted by atomic mass is 35.5. The highest BCUT2D eigenvalue weighted by Gasteiger charge is 2.35. The van der Waals surface area contributed by atoms with Crippen LogP contribution < -0.4 is 0 Å². The van der Waals surface area contributed by atoms with Gasteiger partial charge in [-0.3, -0.25) is 4.79 Å². The zero-order valence-electron chi connectivity index (χ0n) is 10.9. The van der Waals surface area contributed by atoms with Gasteiger partial charge in [-0.1, -0.05) is 90.4 Å². The van der Waals surface area contributed by atoms with Gasteiger partial charge in [-0.15, -0.1) is 0 Å². The maximum Gasteiger partial charge on any atom is 0.199 e. The van der Waals surface area contributed by atoms with Crippen molar-refractivity contribution in [3.63, 3.8) is 0 Å². The zero-order chi connectivity index (χ0) is 14.6. The van der Waals surface area contributed by atoms with E-state index in [9.17, 15) is 4.79 Å². The summed E-state index contributed by atoms with van der Waals surface area (Å²) in [7, 11) is 0. The summed E-state index contributed by atoms with van der Waals surface area (Å²) < 4.78 is -1.51. The first-order valence-electron chi connectivity index (χ1n) is 6.21. The molecule has 102 valence electrons. The summed E-state index contributed by atoms with van der Waals surface area (Å²) >= 11 is 12.4. The van der Waals surface area contributed by atoms with Crippen LogP contribution in [-0.2, 0) is 0 Å². The second-order valence-electron chi connectivity index (χ2n) is 4.55. The van der Waals surface area contributed by atoms with E-state index < -0.39 is 4.33 Å². The highest BCUT2D eigenvalue weighted by molar-refractivity contribution is 6.60. The molecule has 0 atom stereocenters. The Kier molecular flexibility index (Phi) is 4.64. The summed E-state index contributed by atoms with van der Waals surface area (Å²) in [6.45, 7) is 3.97. The second kappa shape index (κ2) is 6.25. The van der Waals surface area contributed by atoms with E-state index in [-0.39, 0.29) is 12.2 Å². The van der Waals surface area contributed by atoms with E-state index in [4.69, 9.17) is 23.2 Å². The number of rotatable bonds is 5. The molecule has 20 heavy (non-hydrogen) atoms. The lowest BCUT2D eigenvalue weighted by atomic mass is 9.98. The SMILES string of the molecule is C=C(CC(Cl)(Cl)C(=O)c1ccccc1)c1ccccc1. The van der Waals surface area contributed by atoms with Gasteiger partial charge in [0, 0.05) is 12.0 Å². The van der Waals surface area contributed by atoms with Crippen LogP contribution in [0.3, 0.4) is 0 Å². The molecule has 0 amide bonds. The van der Waals surface area contributed by atoms with Crippen LogP contribution in [0.25, 0.3) is 5.57 Å². The van der Waals surface area contributed by atoms with Gasteiger partial charge in [0.15, 0.2) is 10.1 Å². The van der Waals surface area contributed by atoms with Crippen LogP contribution in [0.4, 0.5) is 0 Å². The summed E-state index contributed by atoms with van der Waals surface area (Å²) in [5.74, 6) is -0.307. The third-order valence-electron chi connectivity index (χ3n) is 2.99. The molecule has 0 unspecified atom stereocenters. The molecule has 0 saturated carbocycles. The Labute approximate surface area is 128 Å². The van der Waals surface area contributed by atoms with Gasteiger partial charge in [-0.05, 0) is 11.1 Å². The Bertz CT molecular complexity index is 603. The number of alkyl halides is 2. The quantitative estimate of drug-likeness (QED) is 0.551. The van der Waals surface area contributed by atoms with Crippen LogP contribution in [0.1, 0.15) is 22.3 Å². The van der Waals surface area contributed by atoms with Crippen LogP contribution in [0.15, 0.2) is 67.2 Å². The van der Waals surface area contributed by atoms with Crippen molar-refractivity contribution in [2.75, 3.05) is 0 Å². The first-order chi connectivity index (χ1) is 9.50. The van der Waals surface area contributed by atoms with Crippen molar-refractivity contribution >= 4 is 34.6 Å². The molecule has 2 rings (SSSR count). The molecule has 0 fully saturated rings. The fraction of sp³-hybridized carbons (Fsp3) is 0.118. The summed E-state index contributed by atoms with van der Waals surface area (Å²) in [5.41, 5.74) is 2.16. The molecule has 0 saturated heterocycles. The fourth-order valence-electron chi connectivity index (χ4n) is 1.92. The van der Waals surface area contributed by atoms with Gasteiger partial charge < -0.3 is 0 Å². The maximum absolute atomic E-state index is 12.3. The first-order valence-corrected chi connectivity index (χ1v) is 6.97. The Morgan fingerprint density at radius 1 is 0.900 bits per heavy atom. The number of halogens is 2. The van der Waals surface area contributed by atoms with Crippen molar-refractivity contribution in [1.29, 1.82) is 0 Å². The van der Waals surface area contributed by atoms with Gasteiger partial charge in [0.25, 0.3) is 0 Å². The molecule has 0 bridgehead atoms. The third kappa shape index (κ3) is 3.50. The minimum Gasteiger partial charge on any atom is -0.291 e. The van der Waals surface area contributed by atoms with E-state index in [0.717, 1.165) is 11.1 Å². The molecular formula is C17H14Cl2O. The van der Waals surface area contributed by atoms with Crippen molar-refractivity contribution < 1.29 is 4.79 Å². The van der Waals surface area contributed by atoms with E-state index >= 15 is 0 Å². The largest absolute Gasteiger partial charge is 0.291 e. The highest BCUT2D eigenvalue weighted by Crippen LogP contribution is 2.35. The first kappa shape index (κ1) is 14.8. The number of allylic oxidation sites excluding steroid dienone is 1. The van der Waals surface area contributed by atoms with E-state index in [1.165, 1.54) is 0 Å². The van der Waals surface area contributed by atoms with Crippen LogP contribution in [0, 0.1) is 0 Å². The van der Waals surface area contributed by atoms with Gasteiger partial charge in [-0.25, -0.2) is 0 Å². The predicted molar refractivity (Wildman–Crippen MR) is 85.3 cm³/mol. The molecule has 0 heterocycles. The van der Waals surface area contributed by atoms with Crippen molar-refractivity contribution in [3.05, 3.63) is 78.4 Å². The molecule has 0 radical (unpaired) electrons. The van der Waals surface area contributed by atoms with Crippen molar-refractivity contribution in [2.45, 2.75) is 10.8 Å². The Hall–Kier alpha value is -1.57. The third-order valence-corrected chi connectivity index (χ3v) is 3.60. The lowest BCUT2D eigenvalue weighted by molar-refractivity contribution is 0.0974. The Balaban J connectivity index is 2.15. The van der Waals surface area contributed by atoms with Gasteiger partial charge in [0.2, 0.25) is 0 Å². The van der Waals surface area contributed by atoms with Gasteiger partial charge in [0.05, 0.1) is 0 Å². The molecule has 0 aromatic heterocycles. The summed E-state index contributed by atoms with van der Waals surface area (Å²) in [4.78, 5) is 12.3. The van der Waals surface area contributed by atoms with Crippen LogP contribution in [0.5, 0.6) is 0 Å². The van der Waals surface area contributed by atoms with Crippen LogP contribution >= 0.6 is 23.2 Å². The number of benzene rings is 2. The molecule has 1 nitrogen and oxygen atoms in total. The topological polar surface area (TPSA) is 17.1 Å². The van der Waals surface area contributed by atoms with E-state index in [0.29, 0.717) is 5.56 Å². The molecule has 3 heteroatoms. The lowest BCUT2D eigenvalue weighted by Gasteiger charge is -2.19.